The largest absolute Gasteiger partial charge is 1.00 e. The molecule has 0 saturated carbocycles. The average molecular weight is 932 g/mol. The van der Waals surface area contributed by atoms with Crippen LogP contribution in [-0.4, -0.2) is 97.9 Å². The van der Waals surface area contributed by atoms with Gasteiger partial charge in [-0.05, 0) is 67.4 Å². The van der Waals surface area contributed by atoms with Gasteiger partial charge in [0.25, 0.3) is 10.1 Å². The first-order valence-corrected chi connectivity index (χ1v) is 21.9. The third-order valence-electron chi connectivity index (χ3n) is 7.31. The molecular weight excluding hydrogens is 904 g/mol. The standard InChI is InChI=1S/C31H31N9O13S4.3Na/c1-18(42)33-26-16-20(8-9-25(26)40-39-21-15-24-23(28(17-21)57(51,52)53)6-3-7-27(24)56(48,49)50)35-31-37-29(32-10-12-55(45,46)47)36-30(38-31)34-19-4-2-5-22(14-19)54(43,44)13-11-41;;;/h2-9,14-17,41H,10-13H2,1H3,(H,33,42)(H,45,46,47)(H,48,49,50)(H,51,52,53)(H3,32,34,35,36,37,38);;;/q;3*+1/p-3. The van der Waals surface area contributed by atoms with Crippen molar-refractivity contribution in [3.8, 4) is 0 Å². The Hall–Kier alpha value is -2.74. The molecule has 4 aromatic carbocycles. The molecule has 0 radical (unpaired) electrons. The predicted molar refractivity (Wildman–Crippen MR) is 200 cm³/mol. The van der Waals surface area contributed by atoms with Crippen LogP contribution in [0.25, 0.3) is 10.8 Å². The molecule has 5 N–H and O–H groups in total. The first-order valence-electron chi connectivity index (χ1n) is 15.8. The molecule has 0 amide bonds. The minimum atomic E-state index is -5.11. The Morgan fingerprint density at radius 2 is 1.32 bits per heavy atom. The Balaban J connectivity index is 0.00000413. The molecule has 22 nitrogen and oxygen atoms in total. The molecule has 0 saturated heterocycles. The van der Waals surface area contributed by atoms with E-state index in [1.54, 1.807) is 0 Å². The van der Waals surface area contributed by atoms with Crippen molar-refractivity contribution in [2.75, 3.05) is 40.6 Å². The maximum Gasteiger partial charge on any atom is 1.00 e. The zero-order valence-corrected chi connectivity index (χ0v) is 41.2. The van der Waals surface area contributed by atoms with Crippen molar-refractivity contribution in [1.82, 2.24) is 15.0 Å². The van der Waals surface area contributed by atoms with E-state index in [0.29, 0.717) is 0 Å². The van der Waals surface area contributed by atoms with Crippen molar-refractivity contribution >= 4 is 103 Å². The molecule has 5 rings (SSSR count). The molecule has 0 aliphatic rings. The number of azo groups is 1. The molecule has 5 aromatic rings. The van der Waals surface area contributed by atoms with Crippen LogP contribution in [0.1, 0.15) is 6.92 Å². The van der Waals surface area contributed by atoms with Crippen LogP contribution in [-0.2, 0) is 40.2 Å². The van der Waals surface area contributed by atoms with Crippen molar-refractivity contribution in [1.29, 1.82) is 0 Å². The maximum atomic E-state index is 12.5. The van der Waals surface area contributed by atoms with Gasteiger partial charge < -0.3 is 35.3 Å². The molecule has 0 aliphatic heterocycles. The summed E-state index contributed by atoms with van der Waals surface area (Å²) < 4.78 is 129. The van der Waals surface area contributed by atoms with Gasteiger partial charge in [0.05, 0.1) is 49.4 Å². The number of sulfone groups is 1. The maximum absolute atomic E-state index is 12.5. The topological polar surface area (TPSA) is 358 Å². The zero-order chi connectivity index (χ0) is 41.8. The van der Waals surface area contributed by atoms with E-state index in [-0.39, 0.29) is 151 Å². The van der Waals surface area contributed by atoms with Gasteiger partial charge in [0, 0.05) is 28.7 Å². The monoisotopic (exact) mass is 931 g/mol. The van der Waals surface area contributed by atoms with Gasteiger partial charge in [-0.2, -0.15) is 28.5 Å². The summed E-state index contributed by atoms with van der Waals surface area (Å²) in [6.45, 7) is 0.117. The molecule has 29 heteroatoms. The van der Waals surface area contributed by atoms with E-state index in [9.17, 15) is 52.4 Å². The quantitative estimate of drug-likeness (QED) is 0.0202. The Morgan fingerprint density at radius 1 is 0.700 bits per heavy atom. The first kappa shape index (κ1) is 53.4. The summed E-state index contributed by atoms with van der Waals surface area (Å²) in [4.78, 5) is 14.8. The number of aliphatic hydroxyl groups excluding tert-OH is 1. The van der Waals surface area contributed by atoms with E-state index in [1.807, 2.05) is 0 Å². The number of rotatable bonds is 16. The fourth-order valence-electron chi connectivity index (χ4n) is 4.97. The van der Waals surface area contributed by atoms with E-state index in [1.165, 1.54) is 48.5 Å². The molecule has 0 fully saturated rings. The predicted octanol–water partition coefficient (Wildman–Crippen LogP) is -6.78. The molecule has 60 heavy (non-hydrogen) atoms. The van der Waals surface area contributed by atoms with E-state index in [0.717, 1.165) is 31.2 Å². The number of nitrogens with one attached hydrogen (secondary N) is 3. The van der Waals surface area contributed by atoms with Gasteiger partial charge in [-0.25, -0.2) is 25.3 Å². The number of anilines is 5. The fourth-order valence-corrected chi connectivity index (χ4v) is 7.80. The number of aliphatic imine (C=N–C) groups is 1. The van der Waals surface area contributed by atoms with Gasteiger partial charge in [0.2, 0.25) is 17.8 Å². The van der Waals surface area contributed by atoms with Gasteiger partial charge in [-0.3, -0.25) is 9.55 Å². The van der Waals surface area contributed by atoms with Crippen LogP contribution in [0.5, 0.6) is 0 Å². The molecule has 0 spiro atoms. The Morgan fingerprint density at radius 3 is 1.90 bits per heavy atom. The summed E-state index contributed by atoms with van der Waals surface area (Å²) in [6.07, 6.45) is 0. The number of fused-ring (bicyclic) bond motifs is 1. The van der Waals surface area contributed by atoms with Crippen LogP contribution in [0, 0.1) is 0 Å². The van der Waals surface area contributed by atoms with Crippen LogP contribution >= 0.6 is 0 Å². The third kappa shape index (κ3) is 15.0. The number of benzene rings is 4. The van der Waals surface area contributed by atoms with Crippen molar-refractivity contribution < 1.29 is 146 Å². The molecule has 0 aliphatic carbocycles. The van der Waals surface area contributed by atoms with Crippen LogP contribution in [0.15, 0.2) is 103 Å². The van der Waals surface area contributed by atoms with Crippen LogP contribution in [0.3, 0.4) is 0 Å². The van der Waals surface area contributed by atoms with Crippen LogP contribution < -0.4 is 110 Å². The molecule has 302 valence electrons. The second-order valence-electron chi connectivity index (χ2n) is 11.6. The zero-order valence-electron chi connectivity index (χ0n) is 32.0. The molecular formula is C31H28N9Na3O13S4. The van der Waals surface area contributed by atoms with Crippen LogP contribution in [0.4, 0.5) is 46.3 Å². The molecule has 0 bridgehead atoms. The third-order valence-corrected chi connectivity index (χ3v) is 11.5. The van der Waals surface area contributed by atoms with Crippen LogP contribution in [0.2, 0.25) is 0 Å². The molecule has 0 atom stereocenters. The summed E-state index contributed by atoms with van der Waals surface area (Å²) in [6, 6.07) is 14.7. The normalized spacial score (nSPS) is 12.2. The van der Waals surface area contributed by atoms with E-state index in [2.05, 4.69) is 46.1 Å². The summed E-state index contributed by atoms with van der Waals surface area (Å²) in [5.74, 6) is -2.67. The Bertz CT molecular complexity index is 2890. The number of aliphatic hydroxyl groups is 1. The van der Waals surface area contributed by atoms with E-state index >= 15 is 0 Å². The second-order valence-corrected chi connectivity index (χ2v) is 17.9. The van der Waals surface area contributed by atoms with Crippen molar-refractivity contribution in [3.63, 3.8) is 0 Å². The van der Waals surface area contributed by atoms with Gasteiger partial charge in [-0.1, -0.05) is 18.2 Å². The average Bonchev–Trinajstić information content (AvgIpc) is 3.09. The first-order chi connectivity index (χ1) is 26.6. The number of nitrogens with zero attached hydrogens (tertiary/aromatic N) is 6. The number of hydrogen-bond donors (Lipinski definition) is 5. The molecule has 1 heterocycles. The fraction of sp³-hybridized carbons (Fsp3) is 0.161. The number of hydrogen-bond acceptors (Lipinski definition) is 21. The summed E-state index contributed by atoms with van der Waals surface area (Å²) in [7, 11) is -18.5. The van der Waals surface area contributed by atoms with Gasteiger partial charge >= 0.3 is 88.7 Å². The Kier molecular flexibility index (Phi) is 19.6. The number of aromatic nitrogens is 3. The summed E-state index contributed by atoms with van der Waals surface area (Å²) >= 11 is 0. The SMILES string of the molecule is CC([O-])=Nc1cc(Nc2nc(NCCS(=O)(=O)[O-])nc(Nc3cccc(S(=O)(=O)CCO)c3)n2)ccc1N=Nc1cc(S(=O)(=O)O)c2cccc(S(=O)(=O)[O-])c2c1.[Na+].[Na+].[Na+]. The van der Waals surface area contributed by atoms with Gasteiger partial charge in [0.1, 0.15) is 20.7 Å². The smallest absolute Gasteiger partial charge is 0.862 e. The molecule has 0 unspecified atom stereocenters. The second kappa shape index (κ2) is 22.1. The minimum Gasteiger partial charge on any atom is -0.862 e. The van der Waals surface area contributed by atoms with E-state index in [4.69, 9.17) is 5.11 Å². The molecule has 1 aromatic heterocycles. The van der Waals surface area contributed by atoms with Gasteiger partial charge in [-0.15, -0.1) is 5.11 Å². The minimum absolute atomic E-state index is 0. The summed E-state index contributed by atoms with van der Waals surface area (Å²) in [5.41, 5.74) is -0.140. The summed E-state index contributed by atoms with van der Waals surface area (Å²) in [5, 5.41) is 36.8. The van der Waals surface area contributed by atoms with Gasteiger partial charge in [0.15, 0.2) is 9.84 Å². The van der Waals surface area contributed by atoms with Crippen molar-refractivity contribution in [3.05, 3.63) is 72.8 Å². The van der Waals surface area contributed by atoms with Crippen molar-refractivity contribution in [2.45, 2.75) is 21.6 Å². The van der Waals surface area contributed by atoms with Crippen molar-refractivity contribution in [2.24, 2.45) is 15.2 Å². The van der Waals surface area contributed by atoms with E-state index < -0.39 is 80.5 Å². The Labute approximate surface area is 409 Å².